The Balaban J connectivity index is 0.00000243. The van der Waals surface area contributed by atoms with E-state index in [2.05, 4.69) is 17.0 Å². The van der Waals surface area contributed by atoms with Gasteiger partial charge in [-0.25, -0.2) is 0 Å². The molecule has 3 rings (SSSR count). The molecule has 0 aliphatic carbocycles. The first-order valence-corrected chi connectivity index (χ1v) is 9.06. The van der Waals surface area contributed by atoms with Gasteiger partial charge in [-0.3, -0.25) is 14.5 Å². The molecule has 1 aromatic rings. The molecule has 144 valence electrons. The average molecular weight is 381 g/mol. The van der Waals surface area contributed by atoms with Crippen LogP contribution in [-0.4, -0.2) is 77.9 Å². The van der Waals surface area contributed by atoms with Crippen LogP contribution in [0.3, 0.4) is 0 Å². The third-order valence-corrected chi connectivity index (χ3v) is 5.56. The lowest BCUT2D eigenvalue weighted by Gasteiger charge is -2.37. The molecular weight excluding hydrogens is 352 g/mol. The second-order valence-electron chi connectivity index (χ2n) is 7.14. The molecule has 1 unspecified atom stereocenters. The predicted octanol–water partition coefficient (Wildman–Crippen LogP) is 0.914. The zero-order valence-electron chi connectivity index (χ0n) is 15.5. The van der Waals surface area contributed by atoms with Crippen LogP contribution < -0.4 is 5.73 Å². The summed E-state index contributed by atoms with van der Waals surface area (Å²) in [6.45, 7) is 7.58. The van der Waals surface area contributed by atoms with Gasteiger partial charge in [-0.05, 0) is 12.5 Å². The van der Waals surface area contributed by atoms with Gasteiger partial charge in [-0.15, -0.1) is 12.4 Å². The Morgan fingerprint density at radius 2 is 1.62 bits per heavy atom. The number of carbonyl (C=O) groups is 2. The minimum absolute atomic E-state index is 0. The van der Waals surface area contributed by atoms with Crippen LogP contribution in [0.25, 0.3) is 0 Å². The highest BCUT2D eigenvalue weighted by atomic mass is 35.5. The van der Waals surface area contributed by atoms with E-state index in [1.165, 1.54) is 5.56 Å². The number of rotatable bonds is 3. The summed E-state index contributed by atoms with van der Waals surface area (Å²) in [6.07, 6.45) is 0. The van der Waals surface area contributed by atoms with Gasteiger partial charge in [0.05, 0.1) is 6.04 Å². The highest BCUT2D eigenvalue weighted by Crippen LogP contribution is 2.28. The number of carbonyl (C=O) groups excluding carboxylic acids is 2. The van der Waals surface area contributed by atoms with Crippen LogP contribution in [0.2, 0.25) is 0 Å². The first kappa shape index (κ1) is 20.7. The summed E-state index contributed by atoms with van der Waals surface area (Å²) in [5.41, 5.74) is 7.60. The van der Waals surface area contributed by atoms with Crippen LogP contribution in [0.4, 0.5) is 0 Å². The zero-order chi connectivity index (χ0) is 18.0. The molecule has 26 heavy (non-hydrogen) atoms. The van der Waals surface area contributed by atoms with E-state index in [1.807, 2.05) is 30.0 Å². The van der Waals surface area contributed by atoms with Gasteiger partial charge in [0.15, 0.2) is 0 Å². The maximum Gasteiger partial charge on any atom is 0.239 e. The van der Waals surface area contributed by atoms with Gasteiger partial charge in [0.25, 0.3) is 0 Å². The van der Waals surface area contributed by atoms with Gasteiger partial charge in [0, 0.05) is 58.2 Å². The minimum atomic E-state index is -0.177. The summed E-state index contributed by atoms with van der Waals surface area (Å²) in [4.78, 5) is 30.2. The number of likely N-dealkylation sites (tertiary alicyclic amines) is 1. The second kappa shape index (κ2) is 8.84. The Hall–Kier alpha value is -1.63. The van der Waals surface area contributed by atoms with Crippen molar-refractivity contribution in [2.24, 2.45) is 5.73 Å². The number of halogens is 1. The lowest BCUT2D eigenvalue weighted by molar-refractivity contribution is -0.141. The van der Waals surface area contributed by atoms with E-state index in [0.717, 1.165) is 13.1 Å². The van der Waals surface area contributed by atoms with Crippen LogP contribution in [-0.2, 0) is 9.59 Å². The molecule has 2 amide bonds. The minimum Gasteiger partial charge on any atom is -0.339 e. The van der Waals surface area contributed by atoms with Gasteiger partial charge < -0.3 is 15.5 Å². The van der Waals surface area contributed by atoms with Crippen molar-refractivity contribution in [2.45, 2.75) is 31.8 Å². The molecular formula is C19H29ClN4O2. The van der Waals surface area contributed by atoms with Crippen LogP contribution in [0.15, 0.2) is 30.3 Å². The maximum atomic E-state index is 12.9. The molecule has 2 aliphatic heterocycles. The topological polar surface area (TPSA) is 69.9 Å². The van der Waals surface area contributed by atoms with E-state index in [4.69, 9.17) is 5.73 Å². The Morgan fingerprint density at radius 3 is 2.19 bits per heavy atom. The number of benzene rings is 1. The van der Waals surface area contributed by atoms with Gasteiger partial charge in [0.1, 0.15) is 0 Å². The van der Waals surface area contributed by atoms with Crippen molar-refractivity contribution in [1.29, 1.82) is 0 Å². The van der Waals surface area contributed by atoms with Crippen molar-refractivity contribution in [1.82, 2.24) is 14.7 Å². The lowest BCUT2D eigenvalue weighted by atomic mass is 9.95. The van der Waals surface area contributed by atoms with Crippen molar-refractivity contribution in [3.05, 3.63) is 35.9 Å². The number of nitrogens with two attached hydrogens (primary N) is 1. The number of hydrogen-bond donors (Lipinski definition) is 1. The zero-order valence-corrected chi connectivity index (χ0v) is 16.3. The van der Waals surface area contributed by atoms with E-state index in [1.54, 1.807) is 11.8 Å². The van der Waals surface area contributed by atoms with Gasteiger partial charge in [-0.2, -0.15) is 0 Å². The van der Waals surface area contributed by atoms with E-state index < -0.39 is 0 Å². The van der Waals surface area contributed by atoms with Crippen LogP contribution in [0, 0.1) is 0 Å². The molecule has 2 aliphatic rings. The van der Waals surface area contributed by atoms with Crippen molar-refractivity contribution in [3.63, 3.8) is 0 Å². The Morgan fingerprint density at radius 1 is 1.04 bits per heavy atom. The average Bonchev–Trinajstić information content (AvgIpc) is 3.03. The van der Waals surface area contributed by atoms with E-state index in [0.29, 0.717) is 26.2 Å². The summed E-state index contributed by atoms with van der Waals surface area (Å²) in [5.74, 6) is 0.492. The Labute approximate surface area is 161 Å². The lowest BCUT2D eigenvalue weighted by Crippen LogP contribution is -2.54. The molecule has 2 N–H and O–H groups in total. The summed E-state index contributed by atoms with van der Waals surface area (Å²) < 4.78 is 0. The number of piperazine rings is 1. The predicted molar refractivity (Wildman–Crippen MR) is 104 cm³/mol. The number of nitrogens with zero attached hydrogens (tertiary/aromatic N) is 3. The fraction of sp³-hybridized carbons (Fsp3) is 0.579. The molecule has 2 heterocycles. The molecule has 0 spiro atoms. The third kappa shape index (κ3) is 4.37. The van der Waals surface area contributed by atoms with Crippen LogP contribution in [0.1, 0.15) is 25.3 Å². The second-order valence-corrected chi connectivity index (χ2v) is 7.14. The van der Waals surface area contributed by atoms with Crippen LogP contribution in [0.5, 0.6) is 0 Å². The molecule has 2 fully saturated rings. The van der Waals surface area contributed by atoms with Crippen molar-refractivity contribution < 1.29 is 9.59 Å². The summed E-state index contributed by atoms with van der Waals surface area (Å²) in [6, 6.07) is 10.2. The molecule has 2 saturated heterocycles. The first-order chi connectivity index (χ1) is 12.0. The normalized spacial score (nSPS) is 24.9. The van der Waals surface area contributed by atoms with Crippen molar-refractivity contribution in [2.75, 3.05) is 39.3 Å². The molecule has 0 bridgehead atoms. The van der Waals surface area contributed by atoms with Crippen molar-refractivity contribution >= 4 is 24.2 Å². The molecule has 7 heteroatoms. The van der Waals surface area contributed by atoms with Crippen LogP contribution >= 0.6 is 12.4 Å². The number of amides is 2. The van der Waals surface area contributed by atoms with Gasteiger partial charge >= 0.3 is 0 Å². The summed E-state index contributed by atoms with van der Waals surface area (Å²) in [5, 5.41) is 0. The maximum absolute atomic E-state index is 12.9. The Bertz CT molecular complexity index is 619. The highest BCUT2D eigenvalue weighted by molar-refractivity contribution is 5.85. The molecule has 1 aromatic carbocycles. The molecule has 6 nitrogen and oxygen atoms in total. The third-order valence-electron chi connectivity index (χ3n) is 5.56. The summed E-state index contributed by atoms with van der Waals surface area (Å²) >= 11 is 0. The fourth-order valence-electron chi connectivity index (χ4n) is 3.89. The molecule has 3 atom stereocenters. The van der Waals surface area contributed by atoms with Gasteiger partial charge in [-0.1, -0.05) is 30.3 Å². The van der Waals surface area contributed by atoms with Gasteiger partial charge in [0.2, 0.25) is 11.8 Å². The van der Waals surface area contributed by atoms with E-state index in [9.17, 15) is 9.59 Å². The monoisotopic (exact) mass is 380 g/mol. The Kier molecular flexibility index (Phi) is 7.03. The summed E-state index contributed by atoms with van der Waals surface area (Å²) in [7, 11) is 0. The van der Waals surface area contributed by atoms with Crippen molar-refractivity contribution in [3.8, 4) is 0 Å². The van der Waals surface area contributed by atoms with E-state index >= 15 is 0 Å². The first-order valence-electron chi connectivity index (χ1n) is 9.06. The standard InChI is InChI=1S/C19H28N4O2.ClH/c1-14(19(25)22-10-8-21(9-11-22)15(2)24)23-12-17(18(20)13-23)16-6-4-3-5-7-16;/h3-7,14,17-18H,8-13,20H2,1-2H3;1H/t14?,17-,18+;/m0./s1. The number of hydrogen-bond acceptors (Lipinski definition) is 4. The quantitative estimate of drug-likeness (QED) is 0.846. The highest BCUT2D eigenvalue weighted by Gasteiger charge is 2.37. The molecule has 0 saturated carbocycles. The SMILES string of the molecule is CC(=O)N1CCN(C(=O)C(C)N2C[C@@H](N)[C@H](c3ccccc3)C2)CC1.Cl. The fourth-order valence-corrected chi connectivity index (χ4v) is 3.89. The van der Waals surface area contributed by atoms with E-state index in [-0.39, 0.29) is 42.2 Å². The largest absolute Gasteiger partial charge is 0.339 e. The molecule has 0 aromatic heterocycles. The smallest absolute Gasteiger partial charge is 0.239 e. The molecule has 0 radical (unpaired) electrons.